The Kier molecular flexibility index (Phi) is 6.35. The Hall–Kier alpha value is -3.57. The molecule has 3 aromatic heterocycles. The van der Waals surface area contributed by atoms with Crippen LogP contribution in [0.25, 0.3) is 27.9 Å². The predicted molar refractivity (Wildman–Crippen MR) is 133 cm³/mol. The molecule has 0 amide bonds. The zero-order valence-corrected chi connectivity index (χ0v) is 20.6. The number of sulfonamides is 1. The summed E-state index contributed by atoms with van der Waals surface area (Å²) in [4.78, 5) is 5.92. The minimum Gasteiger partial charge on any atom is -0.492 e. The van der Waals surface area contributed by atoms with E-state index < -0.39 is 26.9 Å². The largest absolute Gasteiger partial charge is 0.492 e. The third-order valence-corrected chi connectivity index (χ3v) is 7.72. The normalized spacial score (nSPS) is 13.9. The summed E-state index contributed by atoms with van der Waals surface area (Å²) in [7, 11) is 0.345. The van der Waals surface area contributed by atoms with Gasteiger partial charge in [0.05, 0.1) is 23.2 Å². The highest BCUT2D eigenvalue weighted by atomic mass is 32.2. The quantitative estimate of drug-likeness (QED) is 0.361. The summed E-state index contributed by atoms with van der Waals surface area (Å²) in [5.74, 6) is -0.991. The second-order valence-electron chi connectivity index (χ2n) is 9.03. The Labute approximate surface area is 207 Å². The first-order valence-electron chi connectivity index (χ1n) is 11.4. The van der Waals surface area contributed by atoms with Gasteiger partial charge < -0.3 is 9.64 Å². The van der Waals surface area contributed by atoms with E-state index in [0.29, 0.717) is 41.9 Å². The van der Waals surface area contributed by atoms with Crippen molar-refractivity contribution in [3.8, 4) is 28.1 Å². The number of hydrogen-bond donors (Lipinski definition) is 1. The number of hydrogen-bond acceptors (Lipinski definition) is 6. The number of likely N-dealkylation sites (N-methyl/N-ethyl adjacent to an activating group) is 1. The highest BCUT2D eigenvalue weighted by Gasteiger charge is 2.35. The van der Waals surface area contributed by atoms with Crippen LogP contribution in [-0.4, -0.2) is 60.4 Å². The number of ether oxygens (including phenoxy) is 1. The third-order valence-electron chi connectivity index (χ3n) is 5.85. The van der Waals surface area contributed by atoms with Crippen molar-refractivity contribution in [2.24, 2.45) is 0 Å². The molecule has 0 atom stereocenters. The first kappa shape index (κ1) is 24.1. The molecule has 1 N–H and O–H groups in total. The molecule has 1 aliphatic carbocycles. The molecule has 188 valence electrons. The highest BCUT2D eigenvalue weighted by Crippen LogP contribution is 2.36. The molecule has 11 heteroatoms. The second kappa shape index (κ2) is 9.47. The Morgan fingerprint density at radius 1 is 1.11 bits per heavy atom. The van der Waals surface area contributed by atoms with Gasteiger partial charge in [-0.3, -0.25) is 9.71 Å². The van der Waals surface area contributed by atoms with Gasteiger partial charge >= 0.3 is 0 Å². The molecule has 8 nitrogen and oxygen atoms in total. The van der Waals surface area contributed by atoms with Crippen molar-refractivity contribution in [1.82, 2.24) is 19.5 Å². The van der Waals surface area contributed by atoms with Gasteiger partial charge in [-0.2, -0.15) is 5.10 Å². The van der Waals surface area contributed by atoms with Crippen LogP contribution in [-0.2, 0) is 10.0 Å². The summed E-state index contributed by atoms with van der Waals surface area (Å²) in [6.45, 7) is 1.25. The van der Waals surface area contributed by atoms with Crippen LogP contribution in [0, 0.1) is 11.6 Å². The number of fused-ring (bicyclic) bond motifs is 1. The fourth-order valence-electron chi connectivity index (χ4n) is 3.85. The maximum absolute atomic E-state index is 14.6. The number of rotatable bonds is 9. The summed E-state index contributed by atoms with van der Waals surface area (Å²) in [5, 5.41) is 3.95. The lowest BCUT2D eigenvalue weighted by molar-refractivity contribution is 0.261. The van der Waals surface area contributed by atoms with E-state index in [1.54, 1.807) is 29.0 Å². The molecule has 0 bridgehead atoms. The number of aromatic nitrogens is 3. The van der Waals surface area contributed by atoms with Crippen LogP contribution < -0.4 is 9.46 Å². The van der Waals surface area contributed by atoms with Crippen molar-refractivity contribution in [2.45, 2.75) is 18.1 Å². The molecule has 0 unspecified atom stereocenters. The molecule has 0 saturated heterocycles. The smallest absolute Gasteiger partial charge is 0.235 e. The van der Waals surface area contributed by atoms with Gasteiger partial charge in [0.1, 0.15) is 23.9 Å². The zero-order valence-electron chi connectivity index (χ0n) is 19.8. The van der Waals surface area contributed by atoms with Crippen LogP contribution in [0.4, 0.5) is 14.5 Å². The number of anilines is 1. The minimum atomic E-state index is -3.58. The number of nitrogens with zero attached hydrogens (tertiary/aromatic N) is 4. The maximum atomic E-state index is 14.6. The molecular formula is C25H25F2N5O3S. The molecule has 0 spiro atoms. The lowest BCUT2D eigenvalue weighted by Crippen LogP contribution is -2.19. The van der Waals surface area contributed by atoms with Crippen LogP contribution in [0.15, 0.2) is 55.0 Å². The topological polar surface area (TPSA) is 88.8 Å². The average molecular weight is 514 g/mol. The summed E-state index contributed by atoms with van der Waals surface area (Å²) in [6, 6.07) is 9.23. The Morgan fingerprint density at radius 2 is 1.89 bits per heavy atom. The van der Waals surface area contributed by atoms with E-state index in [9.17, 15) is 17.2 Å². The van der Waals surface area contributed by atoms with Gasteiger partial charge in [-0.05, 0) is 56.8 Å². The van der Waals surface area contributed by atoms with Crippen molar-refractivity contribution in [2.75, 3.05) is 32.0 Å². The average Bonchev–Trinajstić information content (AvgIpc) is 3.59. The monoisotopic (exact) mass is 513 g/mol. The zero-order chi connectivity index (χ0) is 25.4. The minimum absolute atomic E-state index is 0.0886. The first-order chi connectivity index (χ1) is 17.2. The summed E-state index contributed by atoms with van der Waals surface area (Å²) < 4.78 is 63.5. The van der Waals surface area contributed by atoms with Crippen LogP contribution in [0.1, 0.15) is 12.8 Å². The lowest BCUT2D eigenvalue weighted by Gasteiger charge is -2.13. The first-order valence-corrected chi connectivity index (χ1v) is 13.0. The number of halogens is 2. The van der Waals surface area contributed by atoms with Gasteiger partial charge in [-0.1, -0.05) is 0 Å². The van der Waals surface area contributed by atoms with E-state index >= 15 is 0 Å². The molecule has 3 heterocycles. The summed E-state index contributed by atoms with van der Waals surface area (Å²) in [5.41, 5.74) is 2.47. The van der Waals surface area contributed by atoms with Crippen LogP contribution >= 0.6 is 0 Å². The Balaban J connectivity index is 1.59. The van der Waals surface area contributed by atoms with Crippen molar-refractivity contribution in [3.63, 3.8) is 0 Å². The van der Waals surface area contributed by atoms with Crippen molar-refractivity contribution < 1.29 is 21.9 Å². The summed E-state index contributed by atoms with van der Waals surface area (Å²) in [6.07, 6.45) is 5.53. The third kappa shape index (κ3) is 5.17. The molecule has 1 fully saturated rings. The van der Waals surface area contributed by atoms with Gasteiger partial charge in [0.2, 0.25) is 10.0 Å². The standard InChI is InChI=1S/C25H25F2N5O3S/c1-31(2)7-8-35-20-5-6-32-24(13-20)22(15-29-32)16-9-17(25-23(27)12-18(26)14-28-25)11-19(10-16)30-36(33,34)21-3-4-21/h5-6,9-15,21,30H,3-4,7-8H2,1-2H3. The molecule has 5 rings (SSSR count). The van der Waals surface area contributed by atoms with Gasteiger partial charge in [-0.15, -0.1) is 0 Å². The Bertz CT molecular complexity index is 1530. The van der Waals surface area contributed by atoms with Crippen LogP contribution in [0.2, 0.25) is 0 Å². The Morgan fingerprint density at radius 3 is 2.61 bits per heavy atom. The van der Waals surface area contributed by atoms with Crippen LogP contribution in [0.3, 0.4) is 0 Å². The van der Waals surface area contributed by atoms with Crippen molar-refractivity contribution in [1.29, 1.82) is 0 Å². The second-order valence-corrected chi connectivity index (χ2v) is 11.0. The molecule has 1 aromatic carbocycles. The van der Waals surface area contributed by atoms with Gasteiger partial charge in [0.25, 0.3) is 0 Å². The fourth-order valence-corrected chi connectivity index (χ4v) is 5.22. The SMILES string of the molecule is CN(C)CCOc1ccn2ncc(-c3cc(NS(=O)(=O)C4CC4)cc(-c4ncc(F)cc4F)c3)c2c1. The van der Waals surface area contributed by atoms with E-state index in [-0.39, 0.29) is 11.4 Å². The predicted octanol–water partition coefficient (Wildman–Crippen LogP) is 4.19. The molecule has 0 aliphatic heterocycles. The molecule has 36 heavy (non-hydrogen) atoms. The molecule has 4 aromatic rings. The van der Waals surface area contributed by atoms with Gasteiger partial charge in [0, 0.05) is 41.7 Å². The molecule has 1 saturated carbocycles. The molecular weight excluding hydrogens is 488 g/mol. The van der Waals surface area contributed by atoms with E-state index in [1.165, 1.54) is 6.07 Å². The van der Waals surface area contributed by atoms with Gasteiger partial charge in [-0.25, -0.2) is 21.7 Å². The number of pyridine rings is 2. The maximum Gasteiger partial charge on any atom is 0.235 e. The molecule has 0 radical (unpaired) electrons. The van der Waals surface area contributed by atoms with Crippen molar-refractivity contribution in [3.05, 3.63) is 66.6 Å². The van der Waals surface area contributed by atoms with Crippen molar-refractivity contribution >= 4 is 21.2 Å². The summed E-state index contributed by atoms with van der Waals surface area (Å²) >= 11 is 0. The lowest BCUT2D eigenvalue weighted by atomic mass is 10.0. The van der Waals surface area contributed by atoms with Crippen LogP contribution in [0.5, 0.6) is 5.75 Å². The fraction of sp³-hybridized carbons (Fsp3) is 0.280. The van der Waals surface area contributed by atoms with Gasteiger partial charge in [0.15, 0.2) is 5.82 Å². The number of benzene rings is 1. The van der Waals surface area contributed by atoms with E-state index in [1.807, 2.05) is 31.1 Å². The van der Waals surface area contributed by atoms with E-state index in [2.05, 4.69) is 14.8 Å². The van der Waals surface area contributed by atoms with E-state index in [0.717, 1.165) is 24.3 Å². The number of nitrogens with one attached hydrogen (secondary N) is 1. The highest BCUT2D eigenvalue weighted by molar-refractivity contribution is 7.93. The molecule has 1 aliphatic rings. The van der Waals surface area contributed by atoms with E-state index in [4.69, 9.17) is 4.74 Å².